The summed E-state index contributed by atoms with van der Waals surface area (Å²) in [6.07, 6.45) is 11.6. The molecule has 31 heavy (non-hydrogen) atoms. The number of allylic oxidation sites excluding steroid dienone is 1. The monoisotopic (exact) mass is 402 g/mol. The van der Waals surface area contributed by atoms with Crippen LogP contribution in [-0.4, -0.2) is 22.3 Å². The van der Waals surface area contributed by atoms with Gasteiger partial charge in [-0.05, 0) is 36.2 Å². The highest BCUT2D eigenvalue weighted by atomic mass is 15.2. The van der Waals surface area contributed by atoms with Crippen LogP contribution in [0.25, 0.3) is 27.8 Å². The molecule has 0 spiro atoms. The average molecular weight is 403 g/mol. The molecule has 0 aliphatic carbocycles. The van der Waals surface area contributed by atoms with Crippen LogP contribution >= 0.6 is 0 Å². The number of hydrogen-bond acceptors (Lipinski definition) is 4. The third-order valence-electron chi connectivity index (χ3n) is 5.48. The topological polar surface area (TPSA) is 41.4 Å². The highest BCUT2D eigenvalue weighted by Gasteiger charge is 2.21. The molecule has 0 amide bonds. The number of pyridine rings is 2. The molecule has 4 heteroatoms. The minimum absolute atomic E-state index is 0.00729. The Morgan fingerprint density at radius 3 is 1.97 bits per heavy atom. The largest absolute Gasteiger partial charge is 0.324 e. The van der Waals surface area contributed by atoms with E-state index in [1.165, 1.54) is 0 Å². The van der Waals surface area contributed by atoms with Crippen LogP contribution in [0.1, 0.15) is 12.5 Å². The van der Waals surface area contributed by atoms with E-state index in [2.05, 4.69) is 88.7 Å². The molecule has 4 aromatic rings. The van der Waals surface area contributed by atoms with Crippen LogP contribution in [0.5, 0.6) is 0 Å². The van der Waals surface area contributed by atoms with Crippen molar-refractivity contribution in [2.45, 2.75) is 13.1 Å². The summed E-state index contributed by atoms with van der Waals surface area (Å²) in [6.45, 7) is 2.11. The first-order valence-corrected chi connectivity index (χ1v) is 10.3. The fourth-order valence-electron chi connectivity index (χ4n) is 3.93. The van der Waals surface area contributed by atoms with Gasteiger partial charge in [-0.25, -0.2) is 0 Å². The van der Waals surface area contributed by atoms with E-state index in [1.807, 2.05) is 30.7 Å². The van der Waals surface area contributed by atoms with Crippen LogP contribution in [0.2, 0.25) is 0 Å². The van der Waals surface area contributed by atoms with Gasteiger partial charge in [0.15, 0.2) is 0 Å². The maximum atomic E-state index is 4.82. The number of aliphatic imine (C=N–C) groups is 1. The van der Waals surface area contributed by atoms with Crippen LogP contribution < -0.4 is 4.90 Å². The molecule has 150 valence electrons. The Morgan fingerprint density at radius 2 is 1.29 bits per heavy atom. The van der Waals surface area contributed by atoms with Gasteiger partial charge in [0.2, 0.25) is 0 Å². The third kappa shape index (κ3) is 3.76. The van der Waals surface area contributed by atoms with Gasteiger partial charge in [-0.15, -0.1) is 0 Å². The molecule has 2 aromatic heterocycles. The fraction of sp³-hybridized carbons (Fsp3) is 0.0741. The van der Waals surface area contributed by atoms with Gasteiger partial charge in [0.25, 0.3) is 0 Å². The molecule has 1 aliphatic heterocycles. The molecule has 0 N–H and O–H groups in total. The number of hydrogen-bond donors (Lipinski definition) is 0. The van der Waals surface area contributed by atoms with Gasteiger partial charge < -0.3 is 4.90 Å². The molecular formula is C27H22N4. The second kappa shape index (κ2) is 8.36. The van der Waals surface area contributed by atoms with Crippen LogP contribution in [0.3, 0.4) is 0 Å². The molecule has 4 nitrogen and oxygen atoms in total. The first-order valence-electron chi connectivity index (χ1n) is 10.3. The molecular weight excluding hydrogens is 380 g/mol. The average Bonchev–Trinajstić information content (AvgIpc) is 2.85. The molecule has 3 heterocycles. The van der Waals surface area contributed by atoms with Gasteiger partial charge in [0.05, 0.1) is 5.69 Å². The smallest absolute Gasteiger partial charge is 0.122 e. The Kier molecular flexibility index (Phi) is 5.11. The number of para-hydroxylation sites is 1. The Labute approximate surface area is 182 Å². The minimum atomic E-state index is -0.00729. The van der Waals surface area contributed by atoms with Crippen molar-refractivity contribution in [1.29, 1.82) is 0 Å². The predicted molar refractivity (Wildman–Crippen MR) is 128 cm³/mol. The van der Waals surface area contributed by atoms with E-state index in [0.717, 1.165) is 39.1 Å². The van der Waals surface area contributed by atoms with Crippen LogP contribution in [0.4, 0.5) is 5.69 Å². The minimum Gasteiger partial charge on any atom is -0.324 e. The second-order valence-corrected chi connectivity index (χ2v) is 7.45. The SMILES string of the molecule is CC1N=CC(c2ccccc2-c2cccnc2)=CN1c1ccccc1-c1cccnc1. The van der Waals surface area contributed by atoms with Gasteiger partial charge in [-0.2, -0.15) is 0 Å². The van der Waals surface area contributed by atoms with Gasteiger partial charge in [-0.1, -0.05) is 54.6 Å². The Hall–Kier alpha value is -4.05. The highest BCUT2D eigenvalue weighted by molar-refractivity contribution is 6.13. The molecule has 0 saturated heterocycles. The highest BCUT2D eigenvalue weighted by Crippen LogP contribution is 2.35. The summed E-state index contributed by atoms with van der Waals surface area (Å²) in [5.41, 5.74) is 7.77. The summed E-state index contributed by atoms with van der Waals surface area (Å²) in [5.74, 6) is 0. The first kappa shape index (κ1) is 18.9. The molecule has 0 bridgehead atoms. The number of anilines is 1. The van der Waals surface area contributed by atoms with Crippen LogP contribution in [0.15, 0.2) is 109 Å². The van der Waals surface area contributed by atoms with E-state index < -0.39 is 0 Å². The van der Waals surface area contributed by atoms with Crippen molar-refractivity contribution in [1.82, 2.24) is 9.97 Å². The summed E-state index contributed by atoms with van der Waals surface area (Å²) in [5, 5.41) is 0. The molecule has 5 rings (SSSR count). The Bertz CT molecular complexity index is 1250. The van der Waals surface area contributed by atoms with Crippen molar-refractivity contribution in [3.63, 3.8) is 0 Å². The second-order valence-electron chi connectivity index (χ2n) is 7.45. The lowest BCUT2D eigenvalue weighted by Gasteiger charge is -2.31. The Balaban J connectivity index is 1.61. The maximum absolute atomic E-state index is 4.82. The predicted octanol–water partition coefficient (Wildman–Crippen LogP) is 6.09. The van der Waals surface area contributed by atoms with E-state index >= 15 is 0 Å². The number of aromatic nitrogens is 2. The van der Waals surface area contributed by atoms with Crippen molar-refractivity contribution < 1.29 is 0 Å². The normalized spacial score (nSPS) is 15.6. The number of rotatable bonds is 4. The zero-order valence-electron chi connectivity index (χ0n) is 17.3. The van der Waals surface area contributed by atoms with Crippen molar-refractivity contribution in [2.75, 3.05) is 4.90 Å². The summed E-state index contributed by atoms with van der Waals surface area (Å²) >= 11 is 0. The standard InChI is InChI=1S/C27H22N4/c1-20-30-18-23(25-11-3-2-10-24(25)21-8-6-14-28-16-21)19-31(20)27-13-5-4-12-26(27)22-9-7-15-29-17-22/h2-20H,1H3. The number of benzene rings is 2. The molecule has 0 saturated carbocycles. The summed E-state index contributed by atoms with van der Waals surface area (Å²) in [7, 11) is 0. The zero-order valence-corrected chi connectivity index (χ0v) is 17.3. The van der Waals surface area contributed by atoms with E-state index in [-0.39, 0.29) is 6.17 Å². The quantitative estimate of drug-likeness (QED) is 0.415. The molecule has 1 atom stereocenters. The van der Waals surface area contributed by atoms with E-state index in [4.69, 9.17) is 4.99 Å². The summed E-state index contributed by atoms with van der Waals surface area (Å²) in [6, 6.07) is 24.9. The van der Waals surface area contributed by atoms with E-state index in [0.29, 0.717) is 0 Å². The van der Waals surface area contributed by atoms with Crippen LogP contribution in [-0.2, 0) is 0 Å². The molecule has 0 fully saturated rings. The lowest BCUT2D eigenvalue weighted by Crippen LogP contribution is -2.29. The van der Waals surface area contributed by atoms with Crippen molar-refractivity contribution in [2.24, 2.45) is 4.99 Å². The van der Waals surface area contributed by atoms with Gasteiger partial charge in [-0.3, -0.25) is 15.0 Å². The van der Waals surface area contributed by atoms with Crippen molar-refractivity contribution in [3.8, 4) is 22.3 Å². The van der Waals surface area contributed by atoms with Crippen molar-refractivity contribution >= 4 is 17.5 Å². The Morgan fingerprint density at radius 1 is 0.677 bits per heavy atom. The molecule has 0 radical (unpaired) electrons. The van der Waals surface area contributed by atoms with Crippen LogP contribution in [0, 0.1) is 0 Å². The molecule has 1 unspecified atom stereocenters. The van der Waals surface area contributed by atoms with Crippen molar-refractivity contribution in [3.05, 3.63) is 109 Å². The lowest BCUT2D eigenvalue weighted by atomic mass is 9.95. The van der Waals surface area contributed by atoms with E-state index in [9.17, 15) is 0 Å². The van der Waals surface area contributed by atoms with Gasteiger partial charge in [0.1, 0.15) is 6.17 Å². The third-order valence-corrected chi connectivity index (χ3v) is 5.48. The summed E-state index contributed by atoms with van der Waals surface area (Å²) in [4.78, 5) is 15.7. The summed E-state index contributed by atoms with van der Waals surface area (Å²) < 4.78 is 0. The first-order chi connectivity index (χ1) is 15.3. The fourth-order valence-corrected chi connectivity index (χ4v) is 3.93. The zero-order chi connectivity index (χ0) is 21.0. The molecule has 2 aromatic carbocycles. The number of nitrogens with zero attached hydrogens (tertiary/aromatic N) is 4. The lowest BCUT2D eigenvalue weighted by molar-refractivity contribution is 0.748. The maximum Gasteiger partial charge on any atom is 0.122 e. The van der Waals surface area contributed by atoms with E-state index in [1.54, 1.807) is 12.4 Å². The van der Waals surface area contributed by atoms with Gasteiger partial charge >= 0.3 is 0 Å². The molecule has 1 aliphatic rings. The van der Waals surface area contributed by atoms with Gasteiger partial charge in [0, 0.05) is 59.5 Å².